The molecule has 0 radical (unpaired) electrons. The normalized spacial score (nSPS) is 10.5. The number of halogens is 4. The molecule has 0 heterocycles. The summed E-state index contributed by atoms with van der Waals surface area (Å²) in [7, 11) is 0. The van der Waals surface area contributed by atoms with Gasteiger partial charge in [-0.15, -0.1) is 0 Å². The van der Waals surface area contributed by atoms with E-state index in [-0.39, 0.29) is 5.82 Å². The van der Waals surface area contributed by atoms with E-state index in [0.29, 0.717) is 21.2 Å². The Labute approximate surface area is 117 Å². The van der Waals surface area contributed by atoms with E-state index in [4.69, 9.17) is 23.2 Å². The lowest BCUT2D eigenvalue weighted by molar-refractivity contribution is 0.630. The summed E-state index contributed by atoms with van der Waals surface area (Å²) in [5.41, 5.74) is 1.08. The van der Waals surface area contributed by atoms with Gasteiger partial charge in [-0.2, -0.15) is 0 Å². The molecule has 0 spiro atoms. The van der Waals surface area contributed by atoms with E-state index in [1.807, 2.05) is 6.07 Å². The second-order valence-corrected chi connectivity index (χ2v) is 5.26. The van der Waals surface area contributed by atoms with Gasteiger partial charge in [0.05, 0.1) is 10.0 Å². The van der Waals surface area contributed by atoms with Crippen LogP contribution in [0.4, 0.5) is 4.39 Å². The average molecular weight is 367 g/mol. The van der Waals surface area contributed by atoms with E-state index in [1.165, 1.54) is 6.07 Å². The van der Waals surface area contributed by atoms with Crippen LogP contribution >= 0.6 is 45.8 Å². The summed E-state index contributed by atoms with van der Waals surface area (Å²) < 4.78 is 14.6. The smallest absolute Gasteiger partial charge is 0.132 e. The molecule has 0 N–H and O–H groups in total. The molecular weight excluding hydrogens is 361 g/mol. The zero-order valence-electron chi connectivity index (χ0n) is 7.98. The molecule has 2 aromatic rings. The first-order valence-corrected chi connectivity index (χ1v) is 6.32. The molecule has 0 atom stereocenters. The third kappa shape index (κ3) is 2.34. The molecule has 0 aromatic heterocycles. The maximum absolute atomic E-state index is 13.7. The Hall–Kier alpha value is -0.320. The maximum atomic E-state index is 13.7. The summed E-state index contributed by atoms with van der Waals surface area (Å²) in [6.45, 7) is 0. The van der Waals surface area contributed by atoms with Crippen LogP contribution in [0.25, 0.3) is 11.1 Å². The highest BCUT2D eigenvalue weighted by Gasteiger charge is 2.10. The van der Waals surface area contributed by atoms with E-state index in [2.05, 4.69) is 22.6 Å². The summed E-state index contributed by atoms with van der Waals surface area (Å²) in [6, 6.07) is 10.2. The van der Waals surface area contributed by atoms with Crippen LogP contribution in [0.15, 0.2) is 36.4 Å². The Morgan fingerprint density at radius 2 is 1.75 bits per heavy atom. The molecular formula is C12H6Cl2FI. The van der Waals surface area contributed by atoms with Crippen LogP contribution in [-0.4, -0.2) is 0 Å². The minimum Gasteiger partial charge on any atom is -0.206 e. The molecule has 0 aliphatic rings. The minimum atomic E-state index is -0.295. The molecule has 0 aliphatic carbocycles. The van der Waals surface area contributed by atoms with Crippen molar-refractivity contribution in [2.24, 2.45) is 0 Å². The van der Waals surface area contributed by atoms with Crippen molar-refractivity contribution in [1.29, 1.82) is 0 Å². The molecule has 16 heavy (non-hydrogen) atoms. The molecule has 2 aromatic carbocycles. The molecule has 2 rings (SSSR count). The lowest BCUT2D eigenvalue weighted by Crippen LogP contribution is -1.87. The lowest BCUT2D eigenvalue weighted by atomic mass is 10.1. The zero-order chi connectivity index (χ0) is 11.7. The van der Waals surface area contributed by atoms with Gasteiger partial charge in [0.1, 0.15) is 5.82 Å². The fraction of sp³-hybridized carbons (Fsp3) is 0. The quantitative estimate of drug-likeness (QED) is 0.592. The van der Waals surface area contributed by atoms with Crippen molar-refractivity contribution >= 4 is 45.8 Å². The van der Waals surface area contributed by atoms with Crippen molar-refractivity contribution in [3.63, 3.8) is 0 Å². The van der Waals surface area contributed by atoms with E-state index in [0.717, 1.165) is 3.57 Å². The lowest BCUT2D eigenvalue weighted by Gasteiger charge is -2.07. The first kappa shape index (κ1) is 12.1. The third-order valence-corrected chi connectivity index (χ3v) is 3.66. The molecule has 0 saturated carbocycles. The highest BCUT2D eigenvalue weighted by molar-refractivity contribution is 14.1. The highest BCUT2D eigenvalue weighted by atomic mass is 127. The number of hydrogen-bond donors (Lipinski definition) is 0. The van der Waals surface area contributed by atoms with Crippen molar-refractivity contribution in [2.45, 2.75) is 0 Å². The summed E-state index contributed by atoms with van der Waals surface area (Å²) in [4.78, 5) is 0. The van der Waals surface area contributed by atoms with Crippen LogP contribution < -0.4 is 0 Å². The summed E-state index contributed by atoms with van der Waals surface area (Å²) >= 11 is 14.0. The first-order valence-electron chi connectivity index (χ1n) is 4.49. The van der Waals surface area contributed by atoms with Gasteiger partial charge in [0.2, 0.25) is 0 Å². The maximum Gasteiger partial charge on any atom is 0.132 e. The van der Waals surface area contributed by atoms with Crippen LogP contribution in [0.1, 0.15) is 0 Å². The predicted octanol–water partition coefficient (Wildman–Crippen LogP) is 5.40. The van der Waals surface area contributed by atoms with Crippen LogP contribution in [0.2, 0.25) is 10.0 Å². The molecule has 82 valence electrons. The van der Waals surface area contributed by atoms with Gasteiger partial charge in [-0.25, -0.2) is 4.39 Å². The number of rotatable bonds is 1. The van der Waals surface area contributed by atoms with Crippen molar-refractivity contribution in [3.05, 3.63) is 55.8 Å². The average Bonchev–Trinajstić information content (AvgIpc) is 2.23. The van der Waals surface area contributed by atoms with Crippen molar-refractivity contribution in [3.8, 4) is 11.1 Å². The fourth-order valence-corrected chi connectivity index (χ4v) is 2.28. The molecule has 4 heteroatoms. The molecule has 0 bridgehead atoms. The second-order valence-electron chi connectivity index (χ2n) is 3.23. The fourth-order valence-electron chi connectivity index (χ4n) is 1.42. The minimum absolute atomic E-state index is 0.295. The number of hydrogen-bond acceptors (Lipinski definition) is 0. The zero-order valence-corrected chi connectivity index (χ0v) is 11.6. The molecule has 0 unspecified atom stereocenters. The Balaban J connectivity index is 2.63. The van der Waals surface area contributed by atoms with E-state index < -0.39 is 0 Å². The standard InChI is InChI=1S/C12H6Cl2FI/c13-10-3-1-2-9(12(10)14)8-5-4-7(16)6-11(8)15/h1-6H. The van der Waals surface area contributed by atoms with Crippen LogP contribution in [0, 0.1) is 9.39 Å². The van der Waals surface area contributed by atoms with Gasteiger partial charge in [-0.3, -0.25) is 0 Å². The van der Waals surface area contributed by atoms with Gasteiger partial charge in [0.15, 0.2) is 0 Å². The molecule has 0 fully saturated rings. The van der Waals surface area contributed by atoms with E-state index in [1.54, 1.807) is 24.3 Å². The van der Waals surface area contributed by atoms with Crippen LogP contribution in [-0.2, 0) is 0 Å². The predicted molar refractivity (Wildman–Crippen MR) is 74.6 cm³/mol. The molecule has 0 nitrogen and oxygen atoms in total. The monoisotopic (exact) mass is 366 g/mol. The molecule has 0 amide bonds. The van der Waals surface area contributed by atoms with Gasteiger partial charge in [-0.1, -0.05) is 41.4 Å². The van der Waals surface area contributed by atoms with Gasteiger partial charge in [-0.05, 0) is 40.8 Å². The van der Waals surface area contributed by atoms with Gasteiger partial charge in [0, 0.05) is 14.7 Å². The highest BCUT2D eigenvalue weighted by Crippen LogP contribution is 2.34. The summed E-state index contributed by atoms with van der Waals surface area (Å²) in [5.74, 6) is -0.295. The van der Waals surface area contributed by atoms with Crippen molar-refractivity contribution in [2.75, 3.05) is 0 Å². The van der Waals surface area contributed by atoms with Crippen LogP contribution in [0.5, 0.6) is 0 Å². The van der Waals surface area contributed by atoms with Crippen LogP contribution in [0.3, 0.4) is 0 Å². The number of benzene rings is 2. The Bertz CT molecular complexity index is 541. The Morgan fingerprint density at radius 1 is 1.00 bits per heavy atom. The van der Waals surface area contributed by atoms with E-state index >= 15 is 0 Å². The summed E-state index contributed by atoms with van der Waals surface area (Å²) in [5, 5.41) is 0.807. The molecule has 0 saturated heterocycles. The first-order chi connectivity index (χ1) is 7.59. The van der Waals surface area contributed by atoms with Gasteiger partial charge < -0.3 is 0 Å². The van der Waals surface area contributed by atoms with Gasteiger partial charge in [0.25, 0.3) is 0 Å². The summed E-state index contributed by atoms with van der Waals surface area (Å²) in [6.07, 6.45) is 0. The van der Waals surface area contributed by atoms with E-state index in [9.17, 15) is 4.39 Å². The Kier molecular flexibility index (Phi) is 3.72. The largest absolute Gasteiger partial charge is 0.206 e. The molecule has 0 aliphatic heterocycles. The van der Waals surface area contributed by atoms with Crippen molar-refractivity contribution < 1.29 is 4.39 Å². The second kappa shape index (κ2) is 4.90. The topological polar surface area (TPSA) is 0 Å². The Morgan fingerprint density at radius 3 is 2.44 bits per heavy atom. The van der Waals surface area contributed by atoms with Crippen molar-refractivity contribution in [1.82, 2.24) is 0 Å². The third-order valence-electron chi connectivity index (χ3n) is 2.17. The van der Waals surface area contributed by atoms with Gasteiger partial charge >= 0.3 is 0 Å². The SMILES string of the molecule is Fc1cc(I)ccc1-c1cccc(Cl)c1Cl.